The van der Waals surface area contributed by atoms with Crippen molar-refractivity contribution >= 4 is 0 Å². The van der Waals surface area contributed by atoms with Crippen LogP contribution >= 0.6 is 0 Å². The van der Waals surface area contributed by atoms with Gasteiger partial charge in [0.15, 0.2) is 0 Å². The minimum atomic E-state index is 0.895. The summed E-state index contributed by atoms with van der Waals surface area (Å²) in [6, 6.07) is 0.895. The van der Waals surface area contributed by atoms with E-state index in [4.69, 9.17) is 0 Å². The molecule has 0 spiro atoms. The third-order valence-electron chi connectivity index (χ3n) is 3.29. The molecule has 0 aromatic rings. The van der Waals surface area contributed by atoms with Gasteiger partial charge in [-0.05, 0) is 45.3 Å². The lowest BCUT2D eigenvalue weighted by Crippen LogP contribution is -2.17. The molecule has 2 N–H and O–H groups in total. The fourth-order valence-corrected chi connectivity index (χ4v) is 2.03. The molecule has 1 fully saturated rings. The van der Waals surface area contributed by atoms with Gasteiger partial charge in [0, 0.05) is 6.04 Å². The van der Waals surface area contributed by atoms with Crippen LogP contribution < -0.4 is 10.6 Å². The van der Waals surface area contributed by atoms with Crippen molar-refractivity contribution in [2.75, 3.05) is 19.6 Å². The van der Waals surface area contributed by atoms with Crippen LogP contribution in [-0.2, 0) is 0 Å². The monoisotopic (exact) mass is 226 g/mol. The standard InChI is InChI=1S/C14H30N2/c1-2-15-12-8-6-4-3-5-7-9-13-16-14-10-11-14/h14-16H,2-13H2,1H3. The second-order valence-corrected chi connectivity index (χ2v) is 5.06. The Labute approximate surface area is 102 Å². The first-order valence-corrected chi connectivity index (χ1v) is 7.37. The number of unbranched alkanes of at least 4 members (excludes halogenated alkanes) is 6. The molecule has 0 atom stereocenters. The maximum Gasteiger partial charge on any atom is 0.00682 e. The summed E-state index contributed by atoms with van der Waals surface area (Å²) in [6.45, 7) is 5.76. The van der Waals surface area contributed by atoms with Crippen molar-refractivity contribution in [2.24, 2.45) is 0 Å². The van der Waals surface area contributed by atoms with E-state index in [0.29, 0.717) is 0 Å². The number of hydrogen-bond acceptors (Lipinski definition) is 2. The van der Waals surface area contributed by atoms with E-state index in [0.717, 1.165) is 12.6 Å². The number of nitrogens with one attached hydrogen (secondary N) is 2. The second-order valence-electron chi connectivity index (χ2n) is 5.06. The summed E-state index contributed by atoms with van der Waals surface area (Å²) in [5.41, 5.74) is 0. The molecular formula is C14H30N2. The van der Waals surface area contributed by atoms with Gasteiger partial charge in [-0.3, -0.25) is 0 Å². The normalized spacial score (nSPS) is 15.6. The number of hydrogen-bond donors (Lipinski definition) is 2. The molecule has 0 aromatic heterocycles. The predicted molar refractivity (Wildman–Crippen MR) is 71.9 cm³/mol. The Morgan fingerprint density at radius 3 is 1.94 bits per heavy atom. The molecule has 0 heterocycles. The highest BCUT2D eigenvalue weighted by atomic mass is 14.9. The predicted octanol–water partition coefficient (Wildman–Crippen LogP) is 3.08. The van der Waals surface area contributed by atoms with Gasteiger partial charge in [0.2, 0.25) is 0 Å². The van der Waals surface area contributed by atoms with E-state index in [1.165, 1.54) is 70.9 Å². The lowest BCUT2D eigenvalue weighted by atomic mass is 10.1. The van der Waals surface area contributed by atoms with Gasteiger partial charge in [-0.15, -0.1) is 0 Å². The maximum absolute atomic E-state index is 3.57. The zero-order valence-corrected chi connectivity index (χ0v) is 11.1. The lowest BCUT2D eigenvalue weighted by Gasteiger charge is -2.03. The quantitative estimate of drug-likeness (QED) is 0.500. The van der Waals surface area contributed by atoms with Gasteiger partial charge >= 0.3 is 0 Å². The molecule has 0 saturated heterocycles. The average Bonchev–Trinajstić information content (AvgIpc) is 3.10. The molecule has 96 valence electrons. The summed E-state index contributed by atoms with van der Waals surface area (Å²) in [4.78, 5) is 0. The maximum atomic E-state index is 3.57. The SMILES string of the molecule is CCNCCCCCCCCCNC1CC1. The molecule has 0 radical (unpaired) electrons. The molecular weight excluding hydrogens is 196 g/mol. The van der Waals surface area contributed by atoms with Gasteiger partial charge in [-0.2, -0.15) is 0 Å². The summed E-state index contributed by atoms with van der Waals surface area (Å²) in [7, 11) is 0. The van der Waals surface area contributed by atoms with Crippen molar-refractivity contribution in [3.8, 4) is 0 Å². The fourth-order valence-electron chi connectivity index (χ4n) is 2.03. The molecule has 1 aliphatic carbocycles. The van der Waals surface area contributed by atoms with E-state index in [1.807, 2.05) is 0 Å². The lowest BCUT2D eigenvalue weighted by molar-refractivity contribution is 0.547. The summed E-state index contributed by atoms with van der Waals surface area (Å²) in [5.74, 6) is 0. The van der Waals surface area contributed by atoms with Crippen LogP contribution in [0.15, 0.2) is 0 Å². The Bertz CT molecular complexity index is 144. The van der Waals surface area contributed by atoms with Gasteiger partial charge in [0.1, 0.15) is 0 Å². The van der Waals surface area contributed by atoms with Crippen molar-refractivity contribution < 1.29 is 0 Å². The molecule has 1 aliphatic rings. The fraction of sp³-hybridized carbons (Fsp3) is 1.00. The Morgan fingerprint density at radius 1 is 0.812 bits per heavy atom. The minimum Gasteiger partial charge on any atom is -0.317 e. The molecule has 0 aromatic carbocycles. The summed E-state index contributed by atoms with van der Waals surface area (Å²) in [6.07, 6.45) is 12.7. The second kappa shape index (κ2) is 10.1. The molecule has 2 nitrogen and oxygen atoms in total. The van der Waals surface area contributed by atoms with Gasteiger partial charge in [0.05, 0.1) is 0 Å². The molecule has 1 saturated carbocycles. The highest BCUT2D eigenvalue weighted by molar-refractivity contribution is 4.80. The summed E-state index contributed by atoms with van der Waals surface area (Å²) in [5, 5.41) is 6.95. The first-order valence-electron chi connectivity index (χ1n) is 7.37. The zero-order valence-electron chi connectivity index (χ0n) is 11.1. The van der Waals surface area contributed by atoms with E-state index < -0.39 is 0 Å². The molecule has 0 bridgehead atoms. The van der Waals surface area contributed by atoms with Gasteiger partial charge in [-0.1, -0.05) is 39.0 Å². The third-order valence-corrected chi connectivity index (χ3v) is 3.29. The van der Waals surface area contributed by atoms with Crippen LogP contribution in [0.5, 0.6) is 0 Å². The topological polar surface area (TPSA) is 24.1 Å². The van der Waals surface area contributed by atoms with Gasteiger partial charge < -0.3 is 10.6 Å². The van der Waals surface area contributed by atoms with Crippen LogP contribution in [0.4, 0.5) is 0 Å². The molecule has 2 heteroatoms. The van der Waals surface area contributed by atoms with Crippen molar-refractivity contribution in [3.05, 3.63) is 0 Å². The number of rotatable bonds is 12. The van der Waals surface area contributed by atoms with Crippen molar-refractivity contribution in [1.29, 1.82) is 0 Å². The van der Waals surface area contributed by atoms with Crippen LogP contribution in [0, 0.1) is 0 Å². The third kappa shape index (κ3) is 9.17. The first-order chi connectivity index (χ1) is 7.93. The minimum absolute atomic E-state index is 0.895. The largest absolute Gasteiger partial charge is 0.317 e. The first kappa shape index (κ1) is 14.0. The van der Waals surface area contributed by atoms with E-state index in [2.05, 4.69) is 17.6 Å². The van der Waals surface area contributed by atoms with Crippen LogP contribution in [-0.4, -0.2) is 25.7 Å². The highest BCUT2D eigenvalue weighted by Crippen LogP contribution is 2.18. The molecule has 16 heavy (non-hydrogen) atoms. The average molecular weight is 226 g/mol. The van der Waals surface area contributed by atoms with E-state index >= 15 is 0 Å². The summed E-state index contributed by atoms with van der Waals surface area (Å²) >= 11 is 0. The van der Waals surface area contributed by atoms with Crippen LogP contribution in [0.2, 0.25) is 0 Å². The van der Waals surface area contributed by atoms with Crippen molar-refractivity contribution in [3.63, 3.8) is 0 Å². The van der Waals surface area contributed by atoms with Crippen LogP contribution in [0.25, 0.3) is 0 Å². The van der Waals surface area contributed by atoms with Gasteiger partial charge in [0.25, 0.3) is 0 Å². The Morgan fingerprint density at radius 2 is 1.38 bits per heavy atom. The van der Waals surface area contributed by atoms with E-state index in [1.54, 1.807) is 0 Å². The Hall–Kier alpha value is -0.0800. The molecule has 0 unspecified atom stereocenters. The van der Waals surface area contributed by atoms with E-state index in [-0.39, 0.29) is 0 Å². The molecule has 0 amide bonds. The van der Waals surface area contributed by atoms with Crippen LogP contribution in [0.3, 0.4) is 0 Å². The smallest absolute Gasteiger partial charge is 0.00682 e. The summed E-state index contributed by atoms with van der Waals surface area (Å²) < 4.78 is 0. The molecule has 1 rings (SSSR count). The van der Waals surface area contributed by atoms with Gasteiger partial charge in [-0.25, -0.2) is 0 Å². The highest BCUT2D eigenvalue weighted by Gasteiger charge is 2.19. The Kier molecular flexibility index (Phi) is 8.83. The Balaban J connectivity index is 1.61. The van der Waals surface area contributed by atoms with E-state index in [9.17, 15) is 0 Å². The van der Waals surface area contributed by atoms with Crippen molar-refractivity contribution in [2.45, 2.75) is 70.8 Å². The van der Waals surface area contributed by atoms with Crippen LogP contribution in [0.1, 0.15) is 64.7 Å². The molecule has 0 aliphatic heterocycles. The zero-order chi connectivity index (χ0) is 11.5. The van der Waals surface area contributed by atoms with Crippen molar-refractivity contribution in [1.82, 2.24) is 10.6 Å².